The Morgan fingerprint density at radius 2 is 2.08 bits per heavy atom. The average molecular weight is 350 g/mol. The fourth-order valence-electron chi connectivity index (χ4n) is 2.37. The van der Waals surface area contributed by atoms with Gasteiger partial charge in [-0.25, -0.2) is 0 Å². The average Bonchev–Trinajstić information content (AvgIpc) is 3.18. The van der Waals surface area contributed by atoms with Crippen molar-refractivity contribution in [3.63, 3.8) is 0 Å². The highest BCUT2D eigenvalue weighted by molar-refractivity contribution is 7.10. The van der Waals surface area contributed by atoms with Crippen LogP contribution in [0.3, 0.4) is 0 Å². The second-order valence-electron chi connectivity index (χ2n) is 5.36. The van der Waals surface area contributed by atoms with Crippen molar-refractivity contribution in [2.45, 2.75) is 19.9 Å². The Hall–Kier alpha value is -2.19. The van der Waals surface area contributed by atoms with Crippen LogP contribution in [0.2, 0.25) is 0 Å². The number of ether oxygens (including phenoxy) is 1. The molecule has 0 aliphatic carbocycles. The molecule has 1 atom stereocenters. The van der Waals surface area contributed by atoms with Crippen molar-refractivity contribution in [1.82, 2.24) is 20.4 Å². The summed E-state index contributed by atoms with van der Waals surface area (Å²) < 4.78 is 6.72. The fourth-order valence-corrected chi connectivity index (χ4v) is 3.18. The first-order valence-electron chi connectivity index (χ1n) is 7.64. The highest BCUT2D eigenvalue weighted by Crippen LogP contribution is 2.24. The number of thiophene rings is 1. The summed E-state index contributed by atoms with van der Waals surface area (Å²) in [7, 11) is 1.53. The van der Waals surface area contributed by atoms with Gasteiger partial charge in [0.05, 0.1) is 12.3 Å². The summed E-state index contributed by atoms with van der Waals surface area (Å²) in [6.07, 6.45) is 0. The highest BCUT2D eigenvalue weighted by Gasteiger charge is 2.21. The number of aryl methyl sites for hydroxylation is 2. The van der Waals surface area contributed by atoms with Gasteiger partial charge < -0.3 is 15.4 Å². The number of nitrogens with zero attached hydrogens (tertiary/aromatic N) is 2. The lowest BCUT2D eigenvalue weighted by Crippen LogP contribution is -2.43. The quantitative estimate of drug-likeness (QED) is 0.577. The van der Waals surface area contributed by atoms with Crippen LogP contribution < -0.4 is 10.6 Å². The Balaban J connectivity index is 2.03. The highest BCUT2D eigenvalue weighted by atomic mass is 32.1. The molecule has 1 unspecified atom stereocenters. The lowest BCUT2D eigenvalue weighted by atomic mass is 10.2. The maximum Gasteiger partial charge on any atom is 0.309 e. The van der Waals surface area contributed by atoms with Crippen molar-refractivity contribution in [2.75, 3.05) is 26.8 Å². The number of nitrogens with one attached hydrogen (secondary N) is 2. The molecule has 0 spiro atoms. The third-order valence-corrected chi connectivity index (χ3v) is 4.44. The van der Waals surface area contributed by atoms with Crippen molar-refractivity contribution in [3.8, 4) is 0 Å². The molecule has 7 nitrogen and oxygen atoms in total. The SMILES string of the molecule is COCCNC(=O)C(=O)NCC(c1cccs1)n1nc(C)cc1C. The van der Waals surface area contributed by atoms with Gasteiger partial charge in [-0.15, -0.1) is 11.3 Å². The summed E-state index contributed by atoms with van der Waals surface area (Å²) in [5.74, 6) is -1.32. The number of hydrogen-bond donors (Lipinski definition) is 2. The van der Waals surface area contributed by atoms with E-state index in [4.69, 9.17) is 4.74 Å². The van der Waals surface area contributed by atoms with Crippen LogP contribution in [0.1, 0.15) is 22.3 Å². The molecule has 0 aromatic carbocycles. The van der Waals surface area contributed by atoms with Crippen molar-refractivity contribution in [3.05, 3.63) is 39.8 Å². The first-order chi connectivity index (χ1) is 11.5. The van der Waals surface area contributed by atoms with Crippen LogP contribution in [0, 0.1) is 13.8 Å². The smallest absolute Gasteiger partial charge is 0.309 e. The maximum absolute atomic E-state index is 11.9. The van der Waals surface area contributed by atoms with Crippen LogP contribution in [0.15, 0.2) is 23.6 Å². The molecule has 0 fully saturated rings. The molecule has 2 N–H and O–H groups in total. The molecule has 0 radical (unpaired) electrons. The summed E-state index contributed by atoms with van der Waals surface area (Å²) in [5, 5.41) is 11.7. The Morgan fingerprint density at radius 3 is 2.67 bits per heavy atom. The summed E-state index contributed by atoms with van der Waals surface area (Å²) >= 11 is 1.59. The monoisotopic (exact) mass is 350 g/mol. The van der Waals surface area contributed by atoms with Gasteiger partial charge in [-0.3, -0.25) is 14.3 Å². The third kappa shape index (κ3) is 4.65. The van der Waals surface area contributed by atoms with Gasteiger partial charge in [-0.05, 0) is 31.4 Å². The van der Waals surface area contributed by atoms with E-state index < -0.39 is 11.8 Å². The number of rotatable bonds is 7. The maximum atomic E-state index is 11.9. The number of carbonyl (C=O) groups excluding carboxylic acids is 2. The predicted octanol–water partition coefficient (Wildman–Crippen LogP) is 1.03. The van der Waals surface area contributed by atoms with Crippen molar-refractivity contribution >= 4 is 23.2 Å². The van der Waals surface area contributed by atoms with Crippen LogP contribution in [0.4, 0.5) is 0 Å². The molecule has 2 rings (SSSR count). The molecule has 24 heavy (non-hydrogen) atoms. The largest absolute Gasteiger partial charge is 0.383 e. The van der Waals surface area contributed by atoms with E-state index in [1.54, 1.807) is 11.3 Å². The van der Waals surface area contributed by atoms with Gasteiger partial charge in [0.15, 0.2) is 0 Å². The standard InChI is InChI=1S/C16H22N4O3S/c1-11-9-12(2)20(19-11)13(14-5-4-8-24-14)10-18-16(22)15(21)17-6-7-23-3/h4-5,8-9,13H,6-7,10H2,1-3H3,(H,17,21)(H,18,22). The van der Waals surface area contributed by atoms with E-state index in [9.17, 15) is 9.59 Å². The van der Waals surface area contributed by atoms with Gasteiger partial charge in [-0.1, -0.05) is 6.07 Å². The Bertz CT molecular complexity index is 682. The minimum atomic E-state index is -0.662. The fraction of sp³-hybridized carbons (Fsp3) is 0.438. The lowest BCUT2D eigenvalue weighted by Gasteiger charge is -2.18. The summed E-state index contributed by atoms with van der Waals surface area (Å²) in [5.41, 5.74) is 1.92. The van der Waals surface area contributed by atoms with Crippen LogP contribution in [-0.4, -0.2) is 48.4 Å². The van der Waals surface area contributed by atoms with E-state index in [2.05, 4.69) is 15.7 Å². The first kappa shape index (κ1) is 18.2. The first-order valence-corrected chi connectivity index (χ1v) is 8.52. The molecule has 0 bridgehead atoms. The Morgan fingerprint density at radius 1 is 1.33 bits per heavy atom. The van der Waals surface area contributed by atoms with Crippen molar-refractivity contribution in [2.24, 2.45) is 0 Å². The molecular formula is C16H22N4O3S. The van der Waals surface area contributed by atoms with E-state index in [0.29, 0.717) is 19.7 Å². The van der Waals surface area contributed by atoms with E-state index in [1.165, 1.54) is 7.11 Å². The molecule has 0 aliphatic heterocycles. The lowest BCUT2D eigenvalue weighted by molar-refractivity contribution is -0.139. The molecule has 2 aromatic rings. The molecule has 2 amide bonds. The molecule has 130 valence electrons. The Labute approximate surface area is 145 Å². The van der Waals surface area contributed by atoms with Gasteiger partial charge in [0.25, 0.3) is 0 Å². The molecule has 0 saturated heterocycles. The molecule has 0 saturated carbocycles. The van der Waals surface area contributed by atoms with Crippen LogP contribution in [-0.2, 0) is 14.3 Å². The van der Waals surface area contributed by atoms with Gasteiger partial charge in [0.2, 0.25) is 0 Å². The summed E-state index contributed by atoms with van der Waals surface area (Å²) in [6.45, 7) is 4.85. The minimum Gasteiger partial charge on any atom is -0.383 e. The van der Waals surface area contributed by atoms with Gasteiger partial charge in [-0.2, -0.15) is 5.10 Å². The van der Waals surface area contributed by atoms with E-state index in [1.807, 2.05) is 42.1 Å². The molecule has 0 aliphatic rings. The van der Waals surface area contributed by atoms with Crippen LogP contribution in [0.5, 0.6) is 0 Å². The zero-order valence-electron chi connectivity index (χ0n) is 14.0. The predicted molar refractivity (Wildman–Crippen MR) is 92.1 cm³/mol. The summed E-state index contributed by atoms with van der Waals surface area (Å²) in [4.78, 5) is 24.7. The second-order valence-corrected chi connectivity index (χ2v) is 6.34. The normalized spacial score (nSPS) is 12.0. The van der Waals surface area contributed by atoms with Gasteiger partial charge >= 0.3 is 11.8 Å². The van der Waals surface area contributed by atoms with Crippen LogP contribution in [0.25, 0.3) is 0 Å². The van der Waals surface area contributed by atoms with E-state index in [0.717, 1.165) is 16.3 Å². The van der Waals surface area contributed by atoms with Crippen molar-refractivity contribution in [1.29, 1.82) is 0 Å². The van der Waals surface area contributed by atoms with Gasteiger partial charge in [0, 0.05) is 30.8 Å². The zero-order valence-corrected chi connectivity index (χ0v) is 14.9. The molecule has 2 aromatic heterocycles. The number of aromatic nitrogens is 2. The molecular weight excluding hydrogens is 328 g/mol. The van der Waals surface area contributed by atoms with Crippen LogP contribution >= 0.6 is 11.3 Å². The zero-order chi connectivity index (χ0) is 17.5. The minimum absolute atomic E-state index is 0.144. The molecule has 2 heterocycles. The number of carbonyl (C=O) groups is 2. The van der Waals surface area contributed by atoms with Gasteiger partial charge in [0.1, 0.15) is 6.04 Å². The number of methoxy groups -OCH3 is 1. The number of amides is 2. The topological polar surface area (TPSA) is 85.2 Å². The Kier molecular flexibility index (Phi) is 6.51. The second kappa shape index (κ2) is 8.60. The van der Waals surface area contributed by atoms with E-state index >= 15 is 0 Å². The summed E-state index contributed by atoms with van der Waals surface area (Å²) in [6, 6.07) is 5.79. The number of hydrogen-bond acceptors (Lipinski definition) is 5. The van der Waals surface area contributed by atoms with Crippen molar-refractivity contribution < 1.29 is 14.3 Å². The third-order valence-electron chi connectivity index (χ3n) is 3.47. The van der Waals surface area contributed by atoms with E-state index in [-0.39, 0.29) is 6.04 Å². The molecule has 8 heteroatoms.